The van der Waals surface area contributed by atoms with Gasteiger partial charge in [-0.05, 0) is 66.0 Å². The van der Waals surface area contributed by atoms with Gasteiger partial charge in [0.25, 0.3) is 5.91 Å². The predicted molar refractivity (Wildman–Crippen MR) is 89.0 cm³/mol. The quantitative estimate of drug-likeness (QED) is 0.831. The van der Waals surface area contributed by atoms with Gasteiger partial charge in [0, 0.05) is 22.0 Å². The number of nitrogens with zero attached hydrogens (tertiary/aromatic N) is 1. The minimum Gasteiger partial charge on any atom is -0.339 e. The maximum Gasteiger partial charge on any atom is 0.255 e. The Labute approximate surface area is 137 Å². The Morgan fingerprint density at radius 3 is 2.70 bits per heavy atom. The molecular weight excluding hydrogens is 384 g/mol. The fraction of sp³-hybridized carbons (Fsp3) is 0.533. The van der Waals surface area contributed by atoms with E-state index in [0.29, 0.717) is 5.92 Å². The zero-order valence-corrected chi connectivity index (χ0v) is 14.8. The third-order valence-corrected chi connectivity index (χ3v) is 4.93. The minimum atomic E-state index is 0.125. The van der Waals surface area contributed by atoms with Crippen molar-refractivity contribution in [3.63, 3.8) is 0 Å². The zero-order valence-electron chi connectivity index (χ0n) is 11.7. The van der Waals surface area contributed by atoms with Gasteiger partial charge in [0.1, 0.15) is 0 Å². The monoisotopic (exact) mass is 402 g/mol. The predicted octanol–water partition coefficient (Wildman–Crippen LogP) is 3.67. The van der Waals surface area contributed by atoms with Crippen molar-refractivity contribution in [2.24, 2.45) is 5.92 Å². The summed E-state index contributed by atoms with van der Waals surface area (Å²) in [6.07, 6.45) is 2.18. The van der Waals surface area contributed by atoms with Gasteiger partial charge in [-0.15, -0.1) is 0 Å². The molecular formula is C15H20Br2N2O. The molecule has 1 fully saturated rings. The molecule has 0 aromatic heterocycles. The number of rotatable bonds is 4. The van der Waals surface area contributed by atoms with E-state index in [4.69, 9.17) is 0 Å². The summed E-state index contributed by atoms with van der Waals surface area (Å²) in [6.45, 7) is 5.92. The largest absolute Gasteiger partial charge is 0.339 e. The van der Waals surface area contributed by atoms with E-state index in [0.717, 1.165) is 53.5 Å². The van der Waals surface area contributed by atoms with E-state index in [1.165, 1.54) is 0 Å². The highest BCUT2D eigenvalue weighted by Crippen LogP contribution is 2.25. The highest BCUT2D eigenvalue weighted by atomic mass is 79.9. The van der Waals surface area contributed by atoms with Crippen molar-refractivity contribution < 1.29 is 4.79 Å². The van der Waals surface area contributed by atoms with E-state index < -0.39 is 0 Å². The van der Waals surface area contributed by atoms with Gasteiger partial charge in [-0.2, -0.15) is 0 Å². The van der Waals surface area contributed by atoms with Gasteiger partial charge in [-0.25, -0.2) is 0 Å². The van der Waals surface area contributed by atoms with Gasteiger partial charge in [0.2, 0.25) is 0 Å². The van der Waals surface area contributed by atoms with Gasteiger partial charge in [0.05, 0.1) is 5.56 Å². The van der Waals surface area contributed by atoms with Crippen molar-refractivity contribution in [1.29, 1.82) is 0 Å². The highest BCUT2D eigenvalue weighted by molar-refractivity contribution is 9.11. The van der Waals surface area contributed by atoms with Crippen molar-refractivity contribution in [2.45, 2.75) is 19.8 Å². The maximum absolute atomic E-state index is 12.6. The van der Waals surface area contributed by atoms with E-state index in [2.05, 4.69) is 44.1 Å². The molecule has 20 heavy (non-hydrogen) atoms. The molecule has 1 heterocycles. The van der Waals surface area contributed by atoms with Crippen LogP contribution in [0.2, 0.25) is 0 Å². The van der Waals surface area contributed by atoms with Crippen LogP contribution in [0.25, 0.3) is 0 Å². The Morgan fingerprint density at radius 1 is 1.35 bits per heavy atom. The first-order chi connectivity index (χ1) is 9.61. The number of benzene rings is 1. The van der Waals surface area contributed by atoms with Crippen LogP contribution in [0.15, 0.2) is 27.1 Å². The number of halogens is 2. The second kappa shape index (κ2) is 7.57. The van der Waals surface area contributed by atoms with E-state index >= 15 is 0 Å². The summed E-state index contributed by atoms with van der Waals surface area (Å²) in [5, 5.41) is 3.39. The van der Waals surface area contributed by atoms with Gasteiger partial charge in [-0.3, -0.25) is 4.79 Å². The molecule has 0 atom stereocenters. The van der Waals surface area contributed by atoms with Crippen molar-refractivity contribution in [3.05, 3.63) is 32.7 Å². The Morgan fingerprint density at radius 2 is 2.05 bits per heavy atom. The van der Waals surface area contributed by atoms with Crippen LogP contribution in [0.4, 0.5) is 0 Å². The minimum absolute atomic E-state index is 0.125. The molecule has 110 valence electrons. The number of carbonyl (C=O) groups is 1. The van der Waals surface area contributed by atoms with Crippen molar-refractivity contribution in [1.82, 2.24) is 10.2 Å². The molecule has 3 nitrogen and oxygen atoms in total. The fourth-order valence-corrected chi connectivity index (χ4v) is 3.30. The molecule has 1 aliphatic heterocycles. The molecule has 5 heteroatoms. The summed E-state index contributed by atoms with van der Waals surface area (Å²) < 4.78 is 1.80. The van der Waals surface area contributed by atoms with Crippen LogP contribution in [0.3, 0.4) is 0 Å². The molecule has 0 aliphatic carbocycles. The maximum atomic E-state index is 12.6. The molecule has 0 radical (unpaired) electrons. The second-order valence-electron chi connectivity index (χ2n) is 5.17. The van der Waals surface area contributed by atoms with E-state index in [1.807, 2.05) is 23.1 Å². The first kappa shape index (κ1) is 16.0. The van der Waals surface area contributed by atoms with E-state index in [9.17, 15) is 4.79 Å². The summed E-state index contributed by atoms with van der Waals surface area (Å²) in [6, 6.07) is 5.73. The molecule has 2 rings (SSSR count). The molecule has 1 saturated heterocycles. The van der Waals surface area contributed by atoms with E-state index in [1.54, 1.807) is 0 Å². The smallest absolute Gasteiger partial charge is 0.255 e. The van der Waals surface area contributed by atoms with Crippen molar-refractivity contribution in [3.8, 4) is 0 Å². The number of piperidine rings is 1. The Hall–Kier alpha value is -0.390. The van der Waals surface area contributed by atoms with Crippen LogP contribution in [0, 0.1) is 5.92 Å². The molecule has 0 unspecified atom stereocenters. The summed E-state index contributed by atoms with van der Waals surface area (Å²) in [5.41, 5.74) is 0.740. The van der Waals surface area contributed by atoms with Crippen molar-refractivity contribution in [2.75, 3.05) is 26.2 Å². The summed E-state index contributed by atoms with van der Waals surface area (Å²) in [7, 11) is 0. The second-order valence-corrected chi connectivity index (χ2v) is 6.94. The lowest BCUT2D eigenvalue weighted by atomic mass is 9.96. The molecule has 1 aromatic carbocycles. The number of carbonyl (C=O) groups excluding carboxylic acids is 1. The Kier molecular flexibility index (Phi) is 6.05. The van der Waals surface area contributed by atoms with Gasteiger partial charge in [-0.1, -0.05) is 22.9 Å². The van der Waals surface area contributed by atoms with Crippen LogP contribution < -0.4 is 5.32 Å². The molecule has 0 spiro atoms. The zero-order chi connectivity index (χ0) is 14.5. The number of hydrogen-bond acceptors (Lipinski definition) is 2. The number of amides is 1. The topological polar surface area (TPSA) is 32.3 Å². The SMILES string of the molecule is CCNCC1CCN(C(=O)c2cc(Br)ccc2Br)CC1. The number of hydrogen-bond donors (Lipinski definition) is 1. The lowest BCUT2D eigenvalue weighted by Gasteiger charge is -2.32. The van der Waals surface area contributed by atoms with Crippen LogP contribution in [-0.4, -0.2) is 37.0 Å². The van der Waals surface area contributed by atoms with Crippen LogP contribution >= 0.6 is 31.9 Å². The summed E-state index contributed by atoms with van der Waals surface area (Å²) in [4.78, 5) is 14.5. The average molecular weight is 404 g/mol. The normalized spacial score (nSPS) is 16.4. The first-order valence-electron chi connectivity index (χ1n) is 7.07. The molecule has 0 bridgehead atoms. The summed E-state index contributed by atoms with van der Waals surface area (Å²) >= 11 is 6.89. The van der Waals surface area contributed by atoms with Crippen LogP contribution in [0.5, 0.6) is 0 Å². The van der Waals surface area contributed by atoms with Gasteiger partial charge in [0.15, 0.2) is 0 Å². The standard InChI is InChI=1S/C15H20Br2N2O/c1-2-18-10-11-5-7-19(8-6-11)15(20)13-9-12(16)3-4-14(13)17/h3-4,9,11,18H,2,5-8,10H2,1H3. The molecule has 0 saturated carbocycles. The summed E-state index contributed by atoms with van der Waals surface area (Å²) in [5.74, 6) is 0.824. The molecule has 1 aromatic rings. The first-order valence-corrected chi connectivity index (χ1v) is 8.65. The third kappa shape index (κ3) is 4.06. The molecule has 1 N–H and O–H groups in total. The van der Waals surface area contributed by atoms with Crippen LogP contribution in [-0.2, 0) is 0 Å². The fourth-order valence-electron chi connectivity index (χ4n) is 2.52. The van der Waals surface area contributed by atoms with E-state index in [-0.39, 0.29) is 5.91 Å². The molecule has 1 aliphatic rings. The Bertz CT molecular complexity index is 471. The average Bonchev–Trinajstić information content (AvgIpc) is 2.47. The lowest BCUT2D eigenvalue weighted by molar-refractivity contribution is 0.0689. The number of likely N-dealkylation sites (tertiary alicyclic amines) is 1. The highest BCUT2D eigenvalue weighted by Gasteiger charge is 2.24. The van der Waals surface area contributed by atoms with Crippen molar-refractivity contribution >= 4 is 37.8 Å². The molecule has 1 amide bonds. The number of nitrogens with one attached hydrogen (secondary N) is 1. The third-order valence-electron chi connectivity index (χ3n) is 3.74. The van der Waals surface area contributed by atoms with Crippen LogP contribution in [0.1, 0.15) is 30.1 Å². The van der Waals surface area contributed by atoms with Gasteiger partial charge < -0.3 is 10.2 Å². The lowest BCUT2D eigenvalue weighted by Crippen LogP contribution is -2.40. The van der Waals surface area contributed by atoms with Gasteiger partial charge >= 0.3 is 0 Å². The Balaban J connectivity index is 1.96.